The van der Waals surface area contributed by atoms with Gasteiger partial charge in [0.05, 0.1) is 17.5 Å². The molecule has 1 unspecified atom stereocenters. The number of aryl methyl sites for hydroxylation is 1. The van der Waals surface area contributed by atoms with E-state index in [1.165, 1.54) is 11.1 Å². The van der Waals surface area contributed by atoms with Crippen molar-refractivity contribution >= 4 is 29.1 Å². The predicted molar refractivity (Wildman–Crippen MR) is 143 cm³/mol. The Balaban J connectivity index is 2.57. The number of hydrogen-bond acceptors (Lipinski definition) is 5. The molecule has 178 valence electrons. The van der Waals surface area contributed by atoms with Gasteiger partial charge in [-0.05, 0) is 50.5 Å². The topological polar surface area (TPSA) is 63.0 Å². The zero-order valence-electron chi connectivity index (χ0n) is 20.0. The molecule has 0 fully saturated rings. The van der Waals surface area contributed by atoms with Gasteiger partial charge in [0, 0.05) is 24.2 Å². The second-order valence-electron chi connectivity index (χ2n) is 7.52. The van der Waals surface area contributed by atoms with Crippen molar-refractivity contribution in [1.82, 2.24) is 14.8 Å². The number of anilines is 1. The summed E-state index contributed by atoms with van der Waals surface area (Å²) >= 11 is 7.52. The average Bonchev–Trinajstić information content (AvgIpc) is 3.21. The van der Waals surface area contributed by atoms with Gasteiger partial charge in [-0.15, -0.1) is 10.2 Å². The quantitative estimate of drug-likeness (QED) is 0.187. The molecule has 0 bridgehead atoms. The first-order chi connectivity index (χ1) is 16.1. The van der Waals surface area contributed by atoms with Crippen molar-refractivity contribution in [3.05, 3.63) is 77.2 Å². The molecule has 1 aromatic heterocycles. The Bertz CT molecular complexity index is 994. The summed E-state index contributed by atoms with van der Waals surface area (Å²) in [4.78, 5) is 0. The fourth-order valence-corrected chi connectivity index (χ4v) is 4.77. The molecule has 33 heavy (non-hydrogen) atoms. The van der Waals surface area contributed by atoms with Crippen LogP contribution in [0.2, 0.25) is 0 Å². The van der Waals surface area contributed by atoms with Gasteiger partial charge >= 0.3 is 0 Å². The van der Waals surface area contributed by atoms with E-state index in [1.807, 2.05) is 37.3 Å². The van der Waals surface area contributed by atoms with Crippen LogP contribution in [0.15, 0.2) is 76.5 Å². The Morgan fingerprint density at radius 1 is 1.30 bits per heavy atom. The van der Waals surface area contributed by atoms with Crippen molar-refractivity contribution < 1.29 is 5.11 Å². The Morgan fingerprint density at radius 2 is 2.12 bits per heavy atom. The number of aromatic nitrogens is 3. The molecule has 0 amide bonds. The van der Waals surface area contributed by atoms with E-state index in [2.05, 4.69) is 65.1 Å². The van der Waals surface area contributed by atoms with Crippen molar-refractivity contribution in [2.75, 3.05) is 18.5 Å². The summed E-state index contributed by atoms with van der Waals surface area (Å²) in [6, 6.07) is 8.15. The van der Waals surface area contributed by atoms with E-state index in [-0.39, 0.29) is 11.9 Å². The highest BCUT2D eigenvalue weighted by Gasteiger charge is 2.22. The molecule has 0 spiro atoms. The summed E-state index contributed by atoms with van der Waals surface area (Å²) in [7, 11) is 0. The molecule has 0 saturated carbocycles. The van der Waals surface area contributed by atoms with Gasteiger partial charge in [0.1, 0.15) is 5.82 Å². The van der Waals surface area contributed by atoms with Gasteiger partial charge in [0.15, 0.2) is 5.16 Å². The normalized spacial score (nSPS) is 13.9. The first-order valence-electron chi connectivity index (χ1n) is 11.4. The maximum absolute atomic E-state index is 9.17. The highest BCUT2D eigenvalue weighted by atomic mass is 35.5. The van der Waals surface area contributed by atoms with Crippen LogP contribution in [0.3, 0.4) is 0 Å². The monoisotopic (exact) mass is 486 g/mol. The van der Waals surface area contributed by atoms with Gasteiger partial charge in [0.25, 0.3) is 0 Å². The van der Waals surface area contributed by atoms with Gasteiger partial charge in [-0.3, -0.25) is 4.57 Å². The third-order valence-corrected chi connectivity index (χ3v) is 6.41. The van der Waals surface area contributed by atoms with Gasteiger partial charge in [-0.25, -0.2) is 0 Å². The number of aliphatic hydroxyl groups excluding tert-OH is 1. The lowest BCUT2D eigenvalue weighted by Gasteiger charge is -2.20. The lowest BCUT2D eigenvalue weighted by Crippen LogP contribution is -2.11. The molecular weight excluding hydrogens is 452 g/mol. The van der Waals surface area contributed by atoms with Crippen molar-refractivity contribution in [1.29, 1.82) is 0 Å². The smallest absolute Gasteiger partial charge is 0.196 e. The number of benzene rings is 1. The third kappa shape index (κ3) is 7.91. The maximum atomic E-state index is 9.17. The number of halogens is 1. The lowest BCUT2D eigenvalue weighted by atomic mass is 10.0. The summed E-state index contributed by atoms with van der Waals surface area (Å²) in [5.74, 6) is 0.937. The van der Waals surface area contributed by atoms with E-state index in [0.717, 1.165) is 47.2 Å². The molecular formula is C26H35ClN4OS. The van der Waals surface area contributed by atoms with Crippen LogP contribution in [-0.2, 0) is 6.42 Å². The van der Waals surface area contributed by atoms with Gasteiger partial charge in [-0.1, -0.05) is 79.2 Å². The minimum Gasteiger partial charge on any atom is -0.395 e. The second-order valence-corrected chi connectivity index (χ2v) is 8.85. The Kier molecular flexibility index (Phi) is 12.1. The van der Waals surface area contributed by atoms with Crippen LogP contribution in [0.5, 0.6) is 0 Å². The summed E-state index contributed by atoms with van der Waals surface area (Å²) in [5.41, 5.74) is 5.89. The van der Waals surface area contributed by atoms with Crippen LogP contribution in [0.25, 0.3) is 5.69 Å². The van der Waals surface area contributed by atoms with E-state index < -0.39 is 0 Å². The van der Waals surface area contributed by atoms with Gasteiger partial charge < -0.3 is 10.4 Å². The third-order valence-electron chi connectivity index (χ3n) is 4.91. The lowest BCUT2D eigenvalue weighted by molar-refractivity contribution is 0.311. The van der Waals surface area contributed by atoms with Crippen LogP contribution >= 0.6 is 23.4 Å². The highest BCUT2D eigenvalue weighted by Crippen LogP contribution is 2.35. The number of allylic oxidation sites excluding steroid dienone is 5. The molecule has 0 saturated heterocycles. The predicted octanol–water partition coefficient (Wildman–Crippen LogP) is 6.70. The number of rotatable bonds is 13. The molecule has 0 aliphatic rings. The molecule has 1 atom stereocenters. The molecule has 7 heteroatoms. The van der Waals surface area contributed by atoms with Crippen LogP contribution < -0.4 is 5.32 Å². The van der Waals surface area contributed by atoms with Crippen LogP contribution in [0.1, 0.15) is 46.4 Å². The number of hydrogen-bond donors (Lipinski definition) is 2. The van der Waals surface area contributed by atoms with Crippen LogP contribution in [-0.4, -0.2) is 38.3 Å². The Morgan fingerprint density at radius 3 is 2.79 bits per heavy atom. The molecule has 0 aliphatic carbocycles. The molecule has 5 nitrogen and oxygen atoms in total. The van der Waals surface area contributed by atoms with Crippen LogP contribution in [0, 0.1) is 0 Å². The summed E-state index contributed by atoms with van der Waals surface area (Å²) in [6.45, 7) is 9.06. The minimum atomic E-state index is 0.0714. The highest BCUT2D eigenvalue weighted by molar-refractivity contribution is 8.00. The van der Waals surface area contributed by atoms with Gasteiger partial charge in [0.2, 0.25) is 0 Å². The molecule has 2 aromatic rings. The molecule has 2 N–H and O–H groups in total. The molecule has 2 rings (SSSR count). The van der Waals surface area contributed by atoms with Crippen molar-refractivity contribution in [3.63, 3.8) is 0 Å². The van der Waals surface area contributed by atoms with Crippen molar-refractivity contribution in [2.45, 2.75) is 57.4 Å². The fraction of sp³-hybridized carbons (Fsp3) is 0.385. The van der Waals surface area contributed by atoms with E-state index in [0.29, 0.717) is 6.54 Å². The average molecular weight is 487 g/mol. The zero-order valence-corrected chi connectivity index (χ0v) is 21.5. The minimum absolute atomic E-state index is 0.0714. The fourth-order valence-electron chi connectivity index (χ4n) is 3.51. The maximum Gasteiger partial charge on any atom is 0.196 e. The largest absolute Gasteiger partial charge is 0.395 e. The second kappa shape index (κ2) is 14.8. The van der Waals surface area contributed by atoms with Crippen LogP contribution in [0.4, 0.5) is 5.69 Å². The summed E-state index contributed by atoms with van der Waals surface area (Å²) < 4.78 is 2.15. The van der Waals surface area contributed by atoms with Crippen molar-refractivity contribution in [2.24, 2.45) is 0 Å². The Labute approximate surface area is 207 Å². The molecule has 1 heterocycles. The standard InChI is InChI=1S/C26H35ClN4OS/c1-5-10-20(4)25(21(11-6-2)13-9-16-27)33-26-30-29-24(12-7-3)31(26)23-15-8-14-22(19-23)28-17-18-32/h6,8-11,13-16,19,25,28,32H,5,7,12,17-18H2,1-4H3/b11-6-,16-9+,20-10+,21-13+. The summed E-state index contributed by atoms with van der Waals surface area (Å²) in [5, 5.41) is 22.5. The first kappa shape index (κ1) is 27.0. The summed E-state index contributed by atoms with van der Waals surface area (Å²) in [6.07, 6.45) is 13.1. The van der Waals surface area contributed by atoms with Crippen molar-refractivity contribution in [3.8, 4) is 5.69 Å². The van der Waals surface area contributed by atoms with E-state index in [1.54, 1.807) is 11.8 Å². The number of aliphatic hydroxyl groups is 1. The Hall–Kier alpha value is -2.28. The van der Waals surface area contributed by atoms with Gasteiger partial charge in [-0.2, -0.15) is 0 Å². The van der Waals surface area contributed by atoms with E-state index >= 15 is 0 Å². The first-order valence-corrected chi connectivity index (χ1v) is 12.7. The SMILES string of the molecule is C\C=C/C(=C\C=C\Cl)C(Sc1nnc(CCC)n1-c1cccc(NCCO)c1)/C(C)=C/CC. The molecule has 1 aromatic carbocycles. The number of nitrogens with one attached hydrogen (secondary N) is 1. The van der Waals surface area contributed by atoms with E-state index in [4.69, 9.17) is 11.6 Å². The number of nitrogens with zero attached hydrogens (tertiary/aromatic N) is 3. The number of thioether (sulfide) groups is 1. The zero-order chi connectivity index (χ0) is 24.1. The molecule has 0 radical (unpaired) electrons. The van der Waals surface area contributed by atoms with E-state index in [9.17, 15) is 5.11 Å². The molecule has 0 aliphatic heterocycles.